The topological polar surface area (TPSA) is 73.4 Å². The molecule has 0 saturated carbocycles. The summed E-state index contributed by atoms with van der Waals surface area (Å²) in [6, 6.07) is 23.5. The number of pyridine rings is 2. The first-order valence-electron chi connectivity index (χ1n) is 14.0. The molecule has 0 aliphatic carbocycles. The van der Waals surface area contributed by atoms with Crippen LogP contribution in [0.15, 0.2) is 72.8 Å². The number of hydrogen-bond acceptors (Lipinski definition) is 6. The minimum absolute atomic E-state index is 0.126. The van der Waals surface area contributed by atoms with Crippen molar-refractivity contribution in [3.05, 3.63) is 82.8 Å². The highest BCUT2D eigenvalue weighted by Crippen LogP contribution is 2.32. The summed E-state index contributed by atoms with van der Waals surface area (Å²) in [6.07, 6.45) is 1.62. The number of rotatable bonds is 4. The van der Waals surface area contributed by atoms with Gasteiger partial charge in [0, 0.05) is 60.3 Å². The first kappa shape index (κ1) is 28.7. The predicted molar refractivity (Wildman–Crippen MR) is 171 cm³/mol. The van der Waals surface area contributed by atoms with E-state index in [2.05, 4.69) is 39.6 Å². The Morgan fingerprint density at radius 3 is 1.93 bits per heavy atom. The lowest BCUT2D eigenvalue weighted by atomic mass is 10.1. The first-order valence-corrected chi connectivity index (χ1v) is 14.8. The van der Waals surface area contributed by atoms with Gasteiger partial charge in [-0.15, -0.1) is 0 Å². The van der Waals surface area contributed by atoms with E-state index in [1.807, 2.05) is 67.6 Å². The van der Waals surface area contributed by atoms with E-state index in [1.54, 1.807) is 4.90 Å². The summed E-state index contributed by atoms with van der Waals surface area (Å²) in [6.45, 7) is 8.45. The molecular formula is C32H34Cl2N6O. The van der Waals surface area contributed by atoms with Gasteiger partial charge in [0.1, 0.15) is 5.82 Å². The molecular weight excluding hydrogens is 555 g/mol. The molecule has 9 heteroatoms. The fraction of sp³-hybridized carbons (Fsp3) is 0.281. The Hall–Kier alpha value is -3.81. The summed E-state index contributed by atoms with van der Waals surface area (Å²) in [5.41, 5.74) is 5.84. The lowest BCUT2D eigenvalue weighted by Crippen LogP contribution is -2.29. The molecule has 0 radical (unpaired) electrons. The summed E-state index contributed by atoms with van der Waals surface area (Å²) in [7, 11) is 0. The second-order valence-corrected chi connectivity index (χ2v) is 10.7. The van der Waals surface area contributed by atoms with Crippen LogP contribution < -0.4 is 20.4 Å². The zero-order valence-corrected chi connectivity index (χ0v) is 24.8. The Balaban J connectivity index is 0.000000165. The van der Waals surface area contributed by atoms with Crippen LogP contribution >= 0.6 is 23.2 Å². The smallest absolute Gasteiger partial charge is 0.228 e. The van der Waals surface area contributed by atoms with Gasteiger partial charge < -0.3 is 20.4 Å². The summed E-state index contributed by atoms with van der Waals surface area (Å²) in [5, 5.41) is 8.09. The van der Waals surface area contributed by atoms with Crippen molar-refractivity contribution in [1.82, 2.24) is 9.97 Å². The van der Waals surface area contributed by atoms with Crippen molar-refractivity contribution in [2.75, 3.05) is 53.2 Å². The molecule has 41 heavy (non-hydrogen) atoms. The van der Waals surface area contributed by atoms with Gasteiger partial charge >= 0.3 is 0 Å². The van der Waals surface area contributed by atoms with Gasteiger partial charge in [-0.25, -0.2) is 9.97 Å². The normalized spacial score (nSPS) is 14.4. The maximum atomic E-state index is 12.0. The lowest BCUT2D eigenvalue weighted by Gasteiger charge is -2.22. The van der Waals surface area contributed by atoms with Gasteiger partial charge in [0.25, 0.3) is 0 Å². The minimum Gasteiger partial charge on any atom is -0.369 e. The van der Waals surface area contributed by atoms with Crippen LogP contribution in [0.5, 0.6) is 0 Å². The summed E-state index contributed by atoms with van der Waals surface area (Å²) >= 11 is 12.1. The molecule has 2 N–H and O–H groups in total. The maximum Gasteiger partial charge on any atom is 0.228 e. The number of aromatic nitrogens is 2. The highest BCUT2D eigenvalue weighted by molar-refractivity contribution is 6.31. The number of hydrogen-bond donors (Lipinski definition) is 2. The number of benzene rings is 2. The second-order valence-electron chi connectivity index (χ2n) is 9.82. The Kier molecular flexibility index (Phi) is 9.27. The van der Waals surface area contributed by atoms with Crippen molar-refractivity contribution in [3.8, 4) is 22.5 Å². The van der Waals surface area contributed by atoms with Crippen LogP contribution in [0.25, 0.3) is 22.5 Å². The van der Waals surface area contributed by atoms with Gasteiger partial charge in [0.15, 0.2) is 5.82 Å². The third-order valence-electron chi connectivity index (χ3n) is 7.15. The average Bonchev–Trinajstić information content (AvgIpc) is 3.29. The van der Waals surface area contributed by atoms with Gasteiger partial charge in [-0.3, -0.25) is 4.79 Å². The van der Waals surface area contributed by atoms with E-state index in [4.69, 9.17) is 28.2 Å². The first-order chi connectivity index (χ1) is 20.0. The largest absolute Gasteiger partial charge is 0.369 e. The standard InChI is InChI=1S/C16H16ClN3O.C16H18ClN3/c1-2-20-14-7-6-13(11-4-3-5-12(17)10-11)19-16(14)18-9-8-15(20)21;1-2-20-10-4-9-18-16-15(20)8-7-14(19-16)12-5-3-6-13(17)11-12/h3-7,10H,2,8-9H2,1H3,(H,18,19);3,5-8,11H,2,4,9-10H2,1H3,(H,18,19). The van der Waals surface area contributed by atoms with E-state index in [-0.39, 0.29) is 5.91 Å². The zero-order valence-electron chi connectivity index (χ0n) is 23.3. The fourth-order valence-electron chi connectivity index (χ4n) is 5.08. The molecule has 0 saturated heterocycles. The van der Waals surface area contributed by atoms with Crippen LogP contribution in [0.1, 0.15) is 26.7 Å². The molecule has 0 spiro atoms. The van der Waals surface area contributed by atoms with Crippen molar-refractivity contribution in [3.63, 3.8) is 0 Å². The van der Waals surface area contributed by atoms with Crippen LogP contribution in [0.3, 0.4) is 0 Å². The van der Waals surface area contributed by atoms with E-state index in [0.29, 0.717) is 24.5 Å². The zero-order chi connectivity index (χ0) is 28.8. The molecule has 2 aromatic heterocycles. The number of carbonyl (C=O) groups excluding carboxylic acids is 1. The molecule has 2 aliphatic heterocycles. The van der Waals surface area contributed by atoms with Gasteiger partial charge in [0.05, 0.1) is 22.8 Å². The molecule has 0 unspecified atom stereocenters. The van der Waals surface area contributed by atoms with Crippen molar-refractivity contribution in [1.29, 1.82) is 0 Å². The molecule has 7 nitrogen and oxygen atoms in total. The third-order valence-corrected chi connectivity index (χ3v) is 7.62. The summed E-state index contributed by atoms with van der Waals surface area (Å²) in [5.74, 6) is 1.85. The number of halogens is 2. The van der Waals surface area contributed by atoms with Crippen LogP contribution in [0.2, 0.25) is 10.0 Å². The van der Waals surface area contributed by atoms with Crippen LogP contribution in [-0.4, -0.2) is 48.6 Å². The molecule has 0 atom stereocenters. The van der Waals surface area contributed by atoms with Crippen LogP contribution in [0.4, 0.5) is 23.0 Å². The third kappa shape index (κ3) is 6.75. The number of fused-ring (bicyclic) bond motifs is 2. The van der Waals surface area contributed by atoms with Gasteiger partial charge in [-0.2, -0.15) is 0 Å². The quantitative estimate of drug-likeness (QED) is 0.255. The number of nitrogens with one attached hydrogen (secondary N) is 2. The van der Waals surface area contributed by atoms with Crippen molar-refractivity contribution < 1.29 is 4.79 Å². The predicted octanol–water partition coefficient (Wildman–Crippen LogP) is 7.61. The lowest BCUT2D eigenvalue weighted by molar-refractivity contribution is -0.118. The summed E-state index contributed by atoms with van der Waals surface area (Å²) in [4.78, 5) is 25.6. The SMILES string of the molecule is CCN1C(=O)CCNc2nc(-c3cccc(Cl)c3)ccc21.CCN1CCCNc2nc(-c3cccc(Cl)c3)ccc21. The number of amides is 1. The van der Waals surface area contributed by atoms with E-state index >= 15 is 0 Å². The highest BCUT2D eigenvalue weighted by atomic mass is 35.5. The Bertz CT molecular complexity index is 1530. The van der Waals surface area contributed by atoms with Crippen molar-refractivity contribution in [2.45, 2.75) is 26.7 Å². The van der Waals surface area contributed by atoms with Crippen molar-refractivity contribution in [2.24, 2.45) is 0 Å². The van der Waals surface area contributed by atoms with E-state index < -0.39 is 0 Å². The Labute approximate surface area is 251 Å². The second kappa shape index (κ2) is 13.2. The maximum absolute atomic E-state index is 12.0. The van der Waals surface area contributed by atoms with E-state index in [9.17, 15) is 4.79 Å². The molecule has 212 valence electrons. The number of carbonyl (C=O) groups is 1. The molecule has 2 aromatic carbocycles. The van der Waals surface area contributed by atoms with E-state index in [1.165, 1.54) is 5.69 Å². The van der Waals surface area contributed by atoms with E-state index in [0.717, 1.165) is 70.9 Å². The van der Waals surface area contributed by atoms with Crippen LogP contribution in [0, 0.1) is 0 Å². The average molecular weight is 590 g/mol. The van der Waals surface area contributed by atoms with Gasteiger partial charge in [-0.05, 0) is 68.8 Å². The molecule has 6 rings (SSSR count). The fourth-order valence-corrected chi connectivity index (χ4v) is 5.46. The minimum atomic E-state index is 0.126. The highest BCUT2D eigenvalue weighted by Gasteiger charge is 2.22. The molecule has 4 heterocycles. The Morgan fingerprint density at radius 2 is 1.34 bits per heavy atom. The Morgan fingerprint density at radius 1 is 0.756 bits per heavy atom. The molecule has 2 aliphatic rings. The molecule has 1 amide bonds. The molecule has 0 bridgehead atoms. The van der Waals surface area contributed by atoms with Gasteiger partial charge in [0.2, 0.25) is 5.91 Å². The number of nitrogens with zero attached hydrogens (tertiary/aromatic N) is 4. The monoisotopic (exact) mass is 588 g/mol. The summed E-state index contributed by atoms with van der Waals surface area (Å²) < 4.78 is 0. The molecule has 4 aromatic rings. The van der Waals surface area contributed by atoms with Gasteiger partial charge in [-0.1, -0.05) is 47.5 Å². The van der Waals surface area contributed by atoms with Crippen LogP contribution in [-0.2, 0) is 4.79 Å². The number of anilines is 4. The molecule has 0 fully saturated rings. The van der Waals surface area contributed by atoms with Crippen molar-refractivity contribution >= 4 is 52.1 Å².